The van der Waals surface area contributed by atoms with Gasteiger partial charge in [-0.15, -0.1) is 0 Å². The van der Waals surface area contributed by atoms with Gasteiger partial charge in [-0.25, -0.2) is 4.98 Å². The maximum atomic E-state index is 10.6. The van der Waals surface area contributed by atoms with E-state index < -0.39 is 5.97 Å². The Kier molecular flexibility index (Phi) is 3.66. The van der Waals surface area contributed by atoms with Crippen LogP contribution in [0.1, 0.15) is 5.56 Å². The zero-order chi connectivity index (χ0) is 14.8. The summed E-state index contributed by atoms with van der Waals surface area (Å²) in [6, 6.07) is 14.3. The molecule has 0 radical (unpaired) electrons. The number of imidazole rings is 1. The van der Waals surface area contributed by atoms with Gasteiger partial charge in [-0.2, -0.15) is 0 Å². The molecule has 1 aromatic heterocycles. The number of aromatic amines is 1. The number of nitrogens with one attached hydrogen (secondary N) is 1. The Balaban J connectivity index is 2.01. The van der Waals surface area contributed by atoms with Crippen molar-refractivity contribution in [3.8, 4) is 11.1 Å². The molecule has 3 aromatic rings. The summed E-state index contributed by atoms with van der Waals surface area (Å²) in [6.07, 6.45) is 0. The molecule has 0 amide bonds. The minimum atomic E-state index is -0.846. The molecular weight excluding hydrogens is 284 g/mol. The van der Waals surface area contributed by atoms with E-state index in [-0.39, 0.29) is 5.75 Å². The Hall–Kier alpha value is -2.27. The predicted octanol–water partition coefficient (Wildman–Crippen LogP) is 3.72. The van der Waals surface area contributed by atoms with E-state index in [2.05, 4.69) is 35.1 Å². The van der Waals surface area contributed by atoms with E-state index in [1.807, 2.05) is 24.3 Å². The lowest BCUT2D eigenvalue weighted by Crippen LogP contribution is -1.97. The summed E-state index contributed by atoms with van der Waals surface area (Å²) >= 11 is 1.20. The van der Waals surface area contributed by atoms with Crippen LogP contribution < -0.4 is 0 Å². The molecule has 2 N–H and O–H groups in total. The fourth-order valence-electron chi connectivity index (χ4n) is 2.27. The highest BCUT2D eigenvalue weighted by atomic mass is 32.2. The standard InChI is InChI=1S/C16H14N2O2S/c1-10-7-13-14(18-16(17-13)21-9-15(19)20)8-12(10)11-5-3-2-4-6-11/h2-8H,9H2,1H3,(H,17,18)(H,19,20). The first kappa shape index (κ1) is 13.7. The number of H-pyrrole nitrogens is 1. The largest absolute Gasteiger partial charge is 0.481 e. The molecule has 2 aromatic carbocycles. The number of carbonyl (C=O) groups is 1. The molecule has 1 heterocycles. The van der Waals surface area contributed by atoms with Crippen LogP contribution in [0.4, 0.5) is 0 Å². The topological polar surface area (TPSA) is 66.0 Å². The first-order valence-electron chi connectivity index (χ1n) is 6.54. The van der Waals surface area contributed by atoms with E-state index in [4.69, 9.17) is 5.11 Å². The van der Waals surface area contributed by atoms with Crippen molar-refractivity contribution < 1.29 is 9.90 Å². The zero-order valence-corrected chi connectivity index (χ0v) is 12.3. The third-order valence-electron chi connectivity index (χ3n) is 3.22. The predicted molar refractivity (Wildman–Crippen MR) is 84.6 cm³/mol. The SMILES string of the molecule is Cc1cc2[nH]c(SCC(=O)O)nc2cc1-c1ccccc1. The molecule has 0 saturated carbocycles. The number of carboxylic acids is 1. The molecule has 3 rings (SSSR count). The van der Waals surface area contributed by atoms with E-state index in [1.54, 1.807) is 0 Å². The molecule has 0 fully saturated rings. The lowest BCUT2D eigenvalue weighted by molar-refractivity contribution is -0.133. The summed E-state index contributed by atoms with van der Waals surface area (Å²) in [7, 11) is 0. The summed E-state index contributed by atoms with van der Waals surface area (Å²) in [6.45, 7) is 2.06. The monoisotopic (exact) mass is 298 g/mol. The van der Waals surface area contributed by atoms with Crippen molar-refractivity contribution in [1.29, 1.82) is 0 Å². The number of rotatable bonds is 4. The van der Waals surface area contributed by atoms with Crippen LogP contribution >= 0.6 is 11.8 Å². The Morgan fingerprint density at radius 2 is 2.05 bits per heavy atom. The lowest BCUT2D eigenvalue weighted by Gasteiger charge is -2.05. The zero-order valence-electron chi connectivity index (χ0n) is 11.5. The number of aryl methyl sites for hydroxylation is 1. The van der Waals surface area contributed by atoms with Crippen molar-refractivity contribution in [2.75, 3.05) is 5.75 Å². The van der Waals surface area contributed by atoms with E-state index in [1.165, 1.54) is 11.8 Å². The number of thioether (sulfide) groups is 1. The molecule has 0 bridgehead atoms. The van der Waals surface area contributed by atoms with E-state index in [0.29, 0.717) is 5.16 Å². The normalized spacial score (nSPS) is 10.9. The van der Waals surface area contributed by atoms with Gasteiger partial charge in [0.25, 0.3) is 0 Å². The fraction of sp³-hybridized carbons (Fsp3) is 0.125. The minimum absolute atomic E-state index is 0.00431. The van der Waals surface area contributed by atoms with Gasteiger partial charge in [0.1, 0.15) is 0 Å². The van der Waals surface area contributed by atoms with Gasteiger partial charge in [0, 0.05) is 0 Å². The molecule has 0 aliphatic carbocycles. The molecule has 21 heavy (non-hydrogen) atoms. The van der Waals surface area contributed by atoms with Crippen molar-refractivity contribution in [3.63, 3.8) is 0 Å². The van der Waals surface area contributed by atoms with Crippen LogP contribution in [0.25, 0.3) is 22.2 Å². The highest BCUT2D eigenvalue weighted by Crippen LogP contribution is 2.28. The molecule has 0 saturated heterocycles. The maximum Gasteiger partial charge on any atom is 0.313 e. The summed E-state index contributed by atoms with van der Waals surface area (Å²) in [4.78, 5) is 18.2. The van der Waals surface area contributed by atoms with Crippen LogP contribution in [0.2, 0.25) is 0 Å². The van der Waals surface area contributed by atoms with Gasteiger partial charge in [-0.05, 0) is 35.7 Å². The second kappa shape index (κ2) is 5.61. The van der Waals surface area contributed by atoms with Crippen LogP contribution in [0.15, 0.2) is 47.6 Å². The van der Waals surface area contributed by atoms with E-state index >= 15 is 0 Å². The average molecular weight is 298 g/mol. The average Bonchev–Trinajstić information content (AvgIpc) is 2.87. The van der Waals surface area contributed by atoms with Crippen molar-refractivity contribution in [1.82, 2.24) is 9.97 Å². The van der Waals surface area contributed by atoms with Crippen LogP contribution in [-0.2, 0) is 4.79 Å². The number of aliphatic carboxylic acids is 1. The number of aromatic nitrogens is 2. The Morgan fingerprint density at radius 1 is 1.29 bits per heavy atom. The van der Waals surface area contributed by atoms with Gasteiger partial charge in [0.05, 0.1) is 16.8 Å². The molecule has 0 atom stereocenters. The smallest absolute Gasteiger partial charge is 0.313 e. The first-order chi connectivity index (χ1) is 10.1. The number of nitrogens with zero attached hydrogens (tertiary/aromatic N) is 1. The second-order valence-electron chi connectivity index (χ2n) is 4.77. The van der Waals surface area contributed by atoms with Crippen LogP contribution in [0.5, 0.6) is 0 Å². The molecule has 0 spiro atoms. The van der Waals surface area contributed by atoms with Gasteiger partial charge < -0.3 is 10.1 Å². The van der Waals surface area contributed by atoms with Crippen LogP contribution in [-0.4, -0.2) is 26.8 Å². The third-order valence-corrected chi connectivity index (χ3v) is 4.08. The highest BCUT2D eigenvalue weighted by molar-refractivity contribution is 7.99. The molecule has 0 unspecified atom stereocenters. The lowest BCUT2D eigenvalue weighted by atomic mass is 10.00. The van der Waals surface area contributed by atoms with Crippen LogP contribution in [0.3, 0.4) is 0 Å². The molecule has 4 nitrogen and oxygen atoms in total. The van der Waals surface area contributed by atoms with Gasteiger partial charge in [0.2, 0.25) is 0 Å². The Bertz CT molecular complexity index is 797. The van der Waals surface area contributed by atoms with Crippen molar-refractivity contribution in [3.05, 3.63) is 48.0 Å². The molecule has 0 aliphatic rings. The van der Waals surface area contributed by atoms with Gasteiger partial charge >= 0.3 is 5.97 Å². The maximum absolute atomic E-state index is 10.6. The molecule has 106 valence electrons. The second-order valence-corrected chi connectivity index (χ2v) is 5.74. The van der Waals surface area contributed by atoms with Crippen molar-refractivity contribution in [2.24, 2.45) is 0 Å². The van der Waals surface area contributed by atoms with Gasteiger partial charge in [0.15, 0.2) is 5.16 Å². The number of hydrogen-bond donors (Lipinski definition) is 2. The van der Waals surface area contributed by atoms with E-state index in [9.17, 15) is 4.79 Å². The Labute approximate surface area is 126 Å². The van der Waals surface area contributed by atoms with Gasteiger partial charge in [-0.1, -0.05) is 42.1 Å². The number of carboxylic acid groups (broad SMARTS) is 1. The first-order valence-corrected chi connectivity index (χ1v) is 7.52. The highest BCUT2D eigenvalue weighted by Gasteiger charge is 2.09. The number of benzene rings is 2. The third kappa shape index (κ3) is 2.92. The van der Waals surface area contributed by atoms with Crippen LogP contribution in [0, 0.1) is 6.92 Å². The van der Waals surface area contributed by atoms with Crippen molar-refractivity contribution in [2.45, 2.75) is 12.1 Å². The minimum Gasteiger partial charge on any atom is -0.481 e. The summed E-state index contributed by atoms with van der Waals surface area (Å²) in [5, 5.41) is 9.36. The summed E-state index contributed by atoms with van der Waals surface area (Å²) < 4.78 is 0. The quantitative estimate of drug-likeness (QED) is 0.721. The molecular formula is C16H14N2O2S. The van der Waals surface area contributed by atoms with Crippen molar-refractivity contribution >= 4 is 28.8 Å². The number of fused-ring (bicyclic) bond motifs is 1. The number of hydrogen-bond acceptors (Lipinski definition) is 3. The molecule has 0 aliphatic heterocycles. The Morgan fingerprint density at radius 3 is 2.76 bits per heavy atom. The fourth-order valence-corrected chi connectivity index (χ4v) is 2.87. The summed E-state index contributed by atoms with van der Waals surface area (Å²) in [5.74, 6) is -0.841. The summed E-state index contributed by atoms with van der Waals surface area (Å²) in [5.41, 5.74) is 5.24. The van der Waals surface area contributed by atoms with E-state index in [0.717, 1.165) is 27.7 Å². The molecule has 5 heteroatoms. The van der Waals surface area contributed by atoms with Gasteiger partial charge in [-0.3, -0.25) is 4.79 Å².